The Morgan fingerprint density at radius 2 is 2.16 bits per heavy atom. The van der Waals surface area contributed by atoms with Crippen molar-refractivity contribution < 1.29 is 14.6 Å². The van der Waals surface area contributed by atoms with Crippen LogP contribution in [-0.4, -0.2) is 55.6 Å². The van der Waals surface area contributed by atoms with E-state index in [-0.39, 0.29) is 11.5 Å². The SMILES string of the molecule is COc1ccc(O)c(C(=O)CCN2CCNCC2)c1. The molecule has 1 saturated heterocycles. The monoisotopic (exact) mass is 264 g/mol. The number of phenols is 1. The second-order valence-electron chi connectivity index (χ2n) is 4.65. The number of benzene rings is 1. The van der Waals surface area contributed by atoms with Gasteiger partial charge in [-0.15, -0.1) is 0 Å². The summed E-state index contributed by atoms with van der Waals surface area (Å²) in [7, 11) is 1.54. The summed E-state index contributed by atoms with van der Waals surface area (Å²) >= 11 is 0. The summed E-state index contributed by atoms with van der Waals surface area (Å²) in [6.45, 7) is 4.61. The molecule has 19 heavy (non-hydrogen) atoms. The number of nitrogens with zero attached hydrogens (tertiary/aromatic N) is 1. The van der Waals surface area contributed by atoms with Crippen molar-refractivity contribution in [2.75, 3.05) is 39.8 Å². The normalized spacial score (nSPS) is 16.3. The third-order valence-corrected chi connectivity index (χ3v) is 3.37. The Balaban J connectivity index is 1.95. The zero-order chi connectivity index (χ0) is 13.7. The van der Waals surface area contributed by atoms with Gasteiger partial charge in [0, 0.05) is 39.1 Å². The lowest BCUT2D eigenvalue weighted by atomic mass is 10.1. The van der Waals surface area contributed by atoms with Gasteiger partial charge < -0.3 is 20.1 Å². The molecular weight excluding hydrogens is 244 g/mol. The molecule has 2 rings (SSSR count). The van der Waals surface area contributed by atoms with Crippen LogP contribution in [0.1, 0.15) is 16.8 Å². The molecule has 0 amide bonds. The van der Waals surface area contributed by atoms with Crippen LogP contribution < -0.4 is 10.1 Å². The van der Waals surface area contributed by atoms with Crippen LogP contribution in [-0.2, 0) is 0 Å². The van der Waals surface area contributed by atoms with E-state index >= 15 is 0 Å². The van der Waals surface area contributed by atoms with Gasteiger partial charge in [-0.05, 0) is 18.2 Å². The number of rotatable bonds is 5. The Bertz CT molecular complexity index is 442. The number of ether oxygens (including phenoxy) is 1. The number of methoxy groups -OCH3 is 1. The van der Waals surface area contributed by atoms with Gasteiger partial charge in [0.1, 0.15) is 11.5 Å². The first-order valence-corrected chi connectivity index (χ1v) is 6.54. The molecule has 5 heteroatoms. The van der Waals surface area contributed by atoms with Gasteiger partial charge in [0.2, 0.25) is 0 Å². The molecule has 2 N–H and O–H groups in total. The Labute approximate surface area is 113 Å². The van der Waals surface area contributed by atoms with Crippen LogP contribution in [0, 0.1) is 0 Å². The first kappa shape index (κ1) is 13.8. The average molecular weight is 264 g/mol. The van der Waals surface area contributed by atoms with Crippen LogP contribution >= 0.6 is 0 Å². The van der Waals surface area contributed by atoms with Gasteiger partial charge in [-0.2, -0.15) is 0 Å². The van der Waals surface area contributed by atoms with Crippen molar-refractivity contribution in [3.63, 3.8) is 0 Å². The summed E-state index contributed by atoms with van der Waals surface area (Å²) in [4.78, 5) is 14.4. The van der Waals surface area contributed by atoms with E-state index in [4.69, 9.17) is 4.74 Å². The summed E-state index contributed by atoms with van der Waals surface area (Å²) in [5.41, 5.74) is 0.342. The molecule has 0 aliphatic carbocycles. The Morgan fingerprint density at radius 1 is 1.42 bits per heavy atom. The molecule has 0 bridgehead atoms. The lowest BCUT2D eigenvalue weighted by Gasteiger charge is -2.26. The second-order valence-corrected chi connectivity index (χ2v) is 4.65. The summed E-state index contributed by atoms with van der Waals surface area (Å²) in [6, 6.07) is 4.73. The van der Waals surface area contributed by atoms with Crippen LogP contribution in [0.25, 0.3) is 0 Å². The van der Waals surface area contributed by atoms with E-state index in [2.05, 4.69) is 10.2 Å². The number of carbonyl (C=O) groups is 1. The molecule has 0 saturated carbocycles. The maximum atomic E-state index is 12.1. The molecule has 1 aromatic carbocycles. The van der Waals surface area contributed by atoms with E-state index in [0.29, 0.717) is 17.7 Å². The smallest absolute Gasteiger partial charge is 0.168 e. The van der Waals surface area contributed by atoms with Crippen molar-refractivity contribution in [1.29, 1.82) is 0 Å². The summed E-state index contributed by atoms with van der Waals surface area (Å²) < 4.78 is 5.07. The lowest BCUT2D eigenvalue weighted by molar-refractivity contribution is 0.0957. The van der Waals surface area contributed by atoms with Gasteiger partial charge in [-0.1, -0.05) is 0 Å². The van der Waals surface area contributed by atoms with Crippen LogP contribution in [0.3, 0.4) is 0 Å². The molecular formula is C14H20N2O3. The fraction of sp³-hybridized carbons (Fsp3) is 0.500. The minimum Gasteiger partial charge on any atom is -0.507 e. The summed E-state index contributed by atoms with van der Waals surface area (Å²) in [5.74, 6) is 0.560. The van der Waals surface area contributed by atoms with Gasteiger partial charge >= 0.3 is 0 Å². The number of aromatic hydroxyl groups is 1. The largest absolute Gasteiger partial charge is 0.507 e. The molecule has 0 unspecified atom stereocenters. The molecule has 0 spiro atoms. The molecule has 1 aliphatic rings. The molecule has 1 aromatic rings. The third kappa shape index (κ3) is 3.68. The zero-order valence-electron chi connectivity index (χ0n) is 11.2. The van der Waals surface area contributed by atoms with Crippen molar-refractivity contribution in [2.24, 2.45) is 0 Å². The molecule has 1 aliphatic heterocycles. The van der Waals surface area contributed by atoms with E-state index in [0.717, 1.165) is 32.7 Å². The van der Waals surface area contributed by atoms with Crippen LogP contribution in [0.2, 0.25) is 0 Å². The van der Waals surface area contributed by atoms with Crippen molar-refractivity contribution >= 4 is 5.78 Å². The zero-order valence-corrected chi connectivity index (χ0v) is 11.2. The van der Waals surface area contributed by atoms with E-state index in [1.165, 1.54) is 6.07 Å². The second kappa shape index (κ2) is 6.54. The number of piperazine rings is 1. The Morgan fingerprint density at radius 3 is 2.84 bits per heavy atom. The van der Waals surface area contributed by atoms with Crippen LogP contribution in [0.15, 0.2) is 18.2 Å². The van der Waals surface area contributed by atoms with Gasteiger partial charge in [0.05, 0.1) is 12.7 Å². The lowest BCUT2D eigenvalue weighted by Crippen LogP contribution is -2.44. The van der Waals surface area contributed by atoms with E-state index in [1.807, 2.05) is 0 Å². The standard InChI is InChI=1S/C14H20N2O3/c1-19-11-2-3-13(17)12(10-11)14(18)4-7-16-8-5-15-6-9-16/h2-3,10,15,17H,4-9H2,1H3. The van der Waals surface area contributed by atoms with Gasteiger partial charge in [-0.3, -0.25) is 4.79 Å². The van der Waals surface area contributed by atoms with Gasteiger partial charge in [0.25, 0.3) is 0 Å². The van der Waals surface area contributed by atoms with Gasteiger partial charge in [0.15, 0.2) is 5.78 Å². The molecule has 1 fully saturated rings. The maximum Gasteiger partial charge on any atom is 0.168 e. The average Bonchev–Trinajstić information content (AvgIpc) is 2.46. The van der Waals surface area contributed by atoms with E-state index in [9.17, 15) is 9.90 Å². The minimum absolute atomic E-state index is 0.0195. The highest BCUT2D eigenvalue weighted by Crippen LogP contribution is 2.24. The highest BCUT2D eigenvalue weighted by Gasteiger charge is 2.15. The highest BCUT2D eigenvalue weighted by molar-refractivity contribution is 5.99. The van der Waals surface area contributed by atoms with Gasteiger partial charge in [-0.25, -0.2) is 0 Å². The molecule has 0 radical (unpaired) electrons. The number of hydrogen-bond donors (Lipinski definition) is 2. The fourth-order valence-electron chi connectivity index (χ4n) is 2.19. The van der Waals surface area contributed by atoms with Crippen molar-refractivity contribution in [2.45, 2.75) is 6.42 Å². The third-order valence-electron chi connectivity index (χ3n) is 3.37. The molecule has 1 heterocycles. The summed E-state index contributed by atoms with van der Waals surface area (Å²) in [6.07, 6.45) is 0.417. The van der Waals surface area contributed by atoms with Crippen molar-refractivity contribution in [1.82, 2.24) is 10.2 Å². The predicted octanol–water partition coefficient (Wildman–Crippen LogP) is 0.879. The first-order chi connectivity index (χ1) is 9.20. The Hall–Kier alpha value is -1.59. The first-order valence-electron chi connectivity index (χ1n) is 6.54. The van der Waals surface area contributed by atoms with E-state index in [1.54, 1.807) is 19.2 Å². The number of ketones is 1. The molecule has 5 nitrogen and oxygen atoms in total. The number of nitrogens with one attached hydrogen (secondary N) is 1. The number of phenolic OH excluding ortho intramolecular Hbond substituents is 1. The minimum atomic E-state index is -0.0464. The number of carbonyl (C=O) groups excluding carboxylic acids is 1. The maximum absolute atomic E-state index is 12.1. The van der Waals surface area contributed by atoms with Crippen molar-refractivity contribution in [3.8, 4) is 11.5 Å². The van der Waals surface area contributed by atoms with Crippen LogP contribution in [0.5, 0.6) is 11.5 Å². The summed E-state index contributed by atoms with van der Waals surface area (Å²) in [5, 5.41) is 13.0. The molecule has 0 aromatic heterocycles. The van der Waals surface area contributed by atoms with E-state index < -0.39 is 0 Å². The quantitative estimate of drug-likeness (QED) is 0.773. The highest BCUT2D eigenvalue weighted by atomic mass is 16.5. The predicted molar refractivity (Wildman–Crippen MR) is 72.9 cm³/mol. The molecule has 0 atom stereocenters. The topological polar surface area (TPSA) is 61.8 Å². The van der Waals surface area contributed by atoms with Crippen molar-refractivity contribution in [3.05, 3.63) is 23.8 Å². The molecule has 104 valence electrons. The Kier molecular flexibility index (Phi) is 4.76. The van der Waals surface area contributed by atoms with Crippen LogP contribution in [0.4, 0.5) is 0 Å². The number of hydrogen-bond acceptors (Lipinski definition) is 5. The number of Topliss-reactive ketones (excluding diaryl/α,β-unsaturated/α-hetero) is 1. The fourth-order valence-corrected chi connectivity index (χ4v) is 2.19.